The van der Waals surface area contributed by atoms with E-state index in [0.29, 0.717) is 12.0 Å². The lowest BCUT2D eigenvalue weighted by atomic mass is 10.0. The Morgan fingerprint density at radius 1 is 1.09 bits per heavy atom. The van der Waals surface area contributed by atoms with Gasteiger partial charge in [0.25, 0.3) is 0 Å². The minimum atomic E-state index is -4.40. The van der Waals surface area contributed by atoms with Crippen LogP contribution in [0.4, 0.5) is 8.78 Å². The maximum atomic E-state index is 12.8. The monoisotopic (exact) mass is 313 g/mol. The fraction of sp³-hybridized carbons (Fsp3) is 0.500. The van der Waals surface area contributed by atoms with E-state index in [4.69, 9.17) is 0 Å². The lowest BCUT2D eigenvalue weighted by Crippen LogP contribution is -2.45. The number of Topliss-reactive ketones (excluding diaryl/α,β-unsaturated/α-hetero) is 1. The van der Waals surface area contributed by atoms with Crippen LogP contribution in [0.25, 0.3) is 0 Å². The first-order chi connectivity index (χ1) is 10.4. The van der Waals surface area contributed by atoms with Crippen molar-refractivity contribution >= 4 is 11.8 Å². The zero-order valence-corrected chi connectivity index (χ0v) is 12.4. The zero-order valence-electron chi connectivity index (χ0n) is 12.4. The van der Waals surface area contributed by atoms with E-state index in [-0.39, 0.29) is 11.5 Å². The van der Waals surface area contributed by atoms with Gasteiger partial charge in [0.1, 0.15) is 5.75 Å². The molecule has 0 heterocycles. The maximum absolute atomic E-state index is 12.8. The first kappa shape index (κ1) is 18.1. The fourth-order valence-corrected chi connectivity index (χ4v) is 1.93. The average molecular weight is 313 g/mol. The molecule has 0 bridgehead atoms. The Hall–Kier alpha value is -1.98. The molecule has 0 fully saturated rings. The van der Waals surface area contributed by atoms with Crippen molar-refractivity contribution in [2.45, 2.75) is 51.6 Å². The number of carbonyl (C=O) groups is 2. The molecule has 0 unspecified atom stereocenters. The van der Waals surface area contributed by atoms with E-state index in [1.165, 1.54) is 12.1 Å². The van der Waals surface area contributed by atoms with E-state index in [2.05, 4.69) is 11.7 Å². The van der Waals surface area contributed by atoms with Gasteiger partial charge in [0.15, 0.2) is 11.8 Å². The second-order valence-corrected chi connectivity index (χ2v) is 5.02. The van der Waals surface area contributed by atoms with E-state index in [9.17, 15) is 23.5 Å². The van der Waals surface area contributed by atoms with Crippen LogP contribution in [0.2, 0.25) is 0 Å². The standard InChI is InChI=1S/C16H20F2O4/c1-2-3-4-5-6-7-14(19)12-8-10-13(11-9-12)22-16(17,18)15(20)21/h8-11H,2-7H2,1H3,(H,20,21)/p-1. The molecule has 0 aromatic heterocycles. The number of rotatable bonds is 10. The Morgan fingerprint density at radius 3 is 2.23 bits per heavy atom. The van der Waals surface area contributed by atoms with Crippen LogP contribution in [-0.4, -0.2) is 17.9 Å². The third-order valence-corrected chi connectivity index (χ3v) is 3.17. The van der Waals surface area contributed by atoms with Crippen LogP contribution in [0.15, 0.2) is 24.3 Å². The highest BCUT2D eigenvalue weighted by atomic mass is 19.3. The number of ether oxygens (including phenoxy) is 1. The van der Waals surface area contributed by atoms with Gasteiger partial charge in [-0.15, -0.1) is 0 Å². The van der Waals surface area contributed by atoms with E-state index in [0.717, 1.165) is 44.2 Å². The summed E-state index contributed by atoms with van der Waals surface area (Å²) in [5.41, 5.74) is 0.389. The number of alkyl halides is 2. The predicted octanol–water partition coefficient (Wildman–Crippen LogP) is 2.95. The van der Waals surface area contributed by atoms with Crippen molar-refractivity contribution in [3.63, 3.8) is 0 Å². The summed E-state index contributed by atoms with van der Waals surface area (Å²) in [6.45, 7) is 2.11. The normalized spacial score (nSPS) is 11.2. The Labute approximate surface area is 128 Å². The van der Waals surface area contributed by atoms with Crippen molar-refractivity contribution in [3.05, 3.63) is 29.8 Å². The molecule has 0 N–H and O–H groups in total. The lowest BCUT2D eigenvalue weighted by Gasteiger charge is -2.18. The van der Waals surface area contributed by atoms with E-state index in [1.54, 1.807) is 0 Å². The van der Waals surface area contributed by atoms with Crippen molar-refractivity contribution in [2.24, 2.45) is 0 Å². The molecule has 22 heavy (non-hydrogen) atoms. The predicted molar refractivity (Wildman–Crippen MR) is 74.7 cm³/mol. The summed E-state index contributed by atoms with van der Waals surface area (Å²) in [5, 5.41) is 10.2. The van der Waals surface area contributed by atoms with Gasteiger partial charge in [0.05, 0.1) is 0 Å². The van der Waals surface area contributed by atoms with Gasteiger partial charge in [-0.3, -0.25) is 4.79 Å². The number of unbranched alkanes of at least 4 members (excludes halogenated alkanes) is 4. The molecule has 0 aliphatic heterocycles. The topological polar surface area (TPSA) is 66.4 Å². The van der Waals surface area contributed by atoms with Crippen molar-refractivity contribution in [2.75, 3.05) is 0 Å². The maximum Gasteiger partial charge on any atom is 0.441 e. The molecule has 1 aromatic rings. The molecule has 0 spiro atoms. The number of aliphatic carboxylic acids is 1. The summed E-state index contributed by atoms with van der Waals surface area (Å²) in [6.07, 6.45) is 1.15. The average Bonchev–Trinajstić information content (AvgIpc) is 2.47. The van der Waals surface area contributed by atoms with Gasteiger partial charge in [0, 0.05) is 12.0 Å². The van der Waals surface area contributed by atoms with Crippen molar-refractivity contribution in [1.82, 2.24) is 0 Å². The molecule has 0 radical (unpaired) electrons. The minimum Gasteiger partial charge on any atom is -0.541 e. The third-order valence-electron chi connectivity index (χ3n) is 3.17. The molecule has 1 aromatic carbocycles. The number of hydrogen-bond acceptors (Lipinski definition) is 4. The molecule has 0 aliphatic rings. The summed E-state index contributed by atoms with van der Waals surface area (Å²) in [6, 6.07) is 4.96. The molecule has 6 heteroatoms. The first-order valence-corrected chi connectivity index (χ1v) is 7.28. The number of hydrogen-bond donors (Lipinski definition) is 0. The summed E-state index contributed by atoms with van der Waals surface area (Å²) in [5.74, 6) is -3.02. The molecule has 0 saturated carbocycles. The second kappa shape index (κ2) is 8.46. The van der Waals surface area contributed by atoms with Gasteiger partial charge < -0.3 is 14.6 Å². The van der Waals surface area contributed by atoms with Crippen LogP contribution < -0.4 is 9.84 Å². The van der Waals surface area contributed by atoms with Gasteiger partial charge in [-0.25, -0.2) is 0 Å². The molecule has 0 saturated heterocycles. The SMILES string of the molecule is CCCCCCCC(=O)c1ccc(OC(F)(F)C(=O)[O-])cc1. The highest BCUT2D eigenvalue weighted by Crippen LogP contribution is 2.22. The molecule has 1 rings (SSSR count). The molecule has 0 atom stereocenters. The van der Waals surface area contributed by atoms with Crippen LogP contribution in [0, 0.1) is 0 Å². The van der Waals surface area contributed by atoms with E-state index < -0.39 is 12.1 Å². The van der Waals surface area contributed by atoms with Crippen LogP contribution in [0.3, 0.4) is 0 Å². The molecule has 4 nitrogen and oxygen atoms in total. The number of carboxylic acid groups (broad SMARTS) is 1. The van der Waals surface area contributed by atoms with Gasteiger partial charge in [-0.2, -0.15) is 8.78 Å². The van der Waals surface area contributed by atoms with Gasteiger partial charge in [0.2, 0.25) is 0 Å². The first-order valence-electron chi connectivity index (χ1n) is 7.28. The number of benzene rings is 1. The Kier molecular flexibility index (Phi) is 6.95. The summed E-state index contributed by atoms with van der Waals surface area (Å²) in [4.78, 5) is 22.0. The number of carbonyl (C=O) groups excluding carboxylic acids is 2. The van der Waals surface area contributed by atoms with Gasteiger partial charge in [-0.1, -0.05) is 32.6 Å². The van der Waals surface area contributed by atoms with Crippen molar-refractivity contribution < 1.29 is 28.2 Å². The quantitative estimate of drug-likeness (QED) is 0.492. The molecule has 0 aliphatic carbocycles. The van der Waals surface area contributed by atoms with Crippen LogP contribution >= 0.6 is 0 Å². The summed E-state index contributed by atoms with van der Waals surface area (Å²) < 4.78 is 29.6. The molecule has 0 amide bonds. The highest BCUT2D eigenvalue weighted by Gasteiger charge is 2.33. The molecule has 122 valence electrons. The Bertz CT molecular complexity index is 497. The summed E-state index contributed by atoms with van der Waals surface area (Å²) in [7, 11) is 0. The molecular weight excluding hydrogens is 294 g/mol. The largest absolute Gasteiger partial charge is 0.541 e. The minimum absolute atomic E-state index is 0.0743. The Balaban J connectivity index is 2.50. The van der Waals surface area contributed by atoms with Gasteiger partial charge in [-0.05, 0) is 30.7 Å². The van der Waals surface area contributed by atoms with Crippen LogP contribution in [-0.2, 0) is 4.79 Å². The number of halogens is 2. The van der Waals surface area contributed by atoms with Gasteiger partial charge >= 0.3 is 6.11 Å². The fourth-order valence-electron chi connectivity index (χ4n) is 1.93. The molecular formula is C16H19F2O4-. The van der Waals surface area contributed by atoms with Crippen molar-refractivity contribution in [3.8, 4) is 5.75 Å². The third kappa shape index (κ3) is 5.79. The van der Waals surface area contributed by atoms with Crippen LogP contribution in [0.5, 0.6) is 5.75 Å². The number of ketones is 1. The van der Waals surface area contributed by atoms with E-state index in [1.807, 2.05) is 0 Å². The lowest BCUT2D eigenvalue weighted by molar-refractivity contribution is -0.350. The second-order valence-electron chi connectivity index (χ2n) is 5.02. The highest BCUT2D eigenvalue weighted by molar-refractivity contribution is 5.96. The number of carboxylic acids is 1. The smallest absolute Gasteiger partial charge is 0.441 e. The van der Waals surface area contributed by atoms with Crippen molar-refractivity contribution in [1.29, 1.82) is 0 Å². The van der Waals surface area contributed by atoms with E-state index >= 15 is 0 Å². The Morgan fingerprint density at radius 2 is 1.68 bits per heavy atom. The zero-order chi connectivity index (χ0) is 16.6. The van der Waals surface area contributed by atoms with Crippen LogP contribution in [0.1, 0.15) is 55.8 Å². The summed E-state index contributed by atoms with van der Waals surface area (Å²) >= 11 is 0.